The molecule has 1 aliphatic rings. The van der Waals surface area contributed by atoms with Gasteiger partial charge < -0.3 is 19.3 Å². The van der Waals surface area contributed by atoms with Crippen LogP contribution in [0.3, 0.4) is 0 Å². The van der Waals surface area contributed by atoms with Crippen LogP contribution < -0.4 is 4.74 Å². The van der Waals surface area contributed by atoms with Gasteiger partial charge >= 0.3 is 0 Å². The van der Waals surface area contributed by atoms with E-state index < -0.39 is 6.29 Å². The van der Waals surface area contributed by atoms with Gasteiger partial charge in [-0.3, -0.25) is 0 Å². The molecule has 4 aromatic rings. The Hall–Kier alpha value is -3.89. The largest absolute Gasteiger partial charge is 0.506 e. The van der Waals surface area contributed by atoms with Crippen LogP contribution in [0.25, 0.3) is 22.4 Å². The average Bonchev–Trinajstić information content (AvgIpc) is 3.40. The van der Waals surface area contributed by atoms with Crippen molar-refractivity contribution in [1.29, 1.82) is 5.26 Å². The number of nitrogens with zero attached hydrogens (tertiary/aromatic N) is 2. The minimum Gasteiger partial charge on any atom is -0.506 e. The molecule has 0 unspecified atom stereocenters. The van der Waals surface area contributed by atoms with E-state index in [1.54, 1.807) is 30.3 Å². The smallest absolute Gasteiger partial charge is 0.184 e. The Labute approximate surface area is 201 Å². The summed E-state index contributed by atoms with van der Waals surface area (Å²) in [5.41, 5.74) is 2.64. The Morgan fingerprint density at radius 3 is 2.32 bits per heavy atom. The summed E-state index contributed by atoms with van der Waals surface area (Å²) >= 11 is 6.53. The number of hydrogen-bond acceptors (Lipinski definition) is 6. The van der Waals surface area contributed by atoms with Gasteiger partial charge in [0, 0.05) is 11.1 Å². The first-order valence-electron chi connectivity index (χ1n) is 10.6. The van der Waals surface area contributed by atoms with E-state index in [1.165, 1.54) is 0 Å². The number of para-hydroxylation sites is 1. The molecule has 5 rings (SSSR count). The second-order valence-corrected chi connectivity index (χ2v) is 7.96. The van der Waals surface area contributed by atoms with Gasteiger partial charge in [-0.1, -0.05) is 48.0 Å². The minimum atomic E-state index is -0.472. The molecule has 0 spiro atoms. The highest BCUT2D eigenvalue weighted by molar-refractivity contribution is 6.32. The van der Waals surface area contributed by atoms with Gasteiger partial charge in [0.05, 0.1) is 24.5 Å². The van der Waals surface area contributed by atoms with Crippen molar-refractivity contribution < 1.29 is 19.3 Å². The number of pyridine rings is 1. The maximum absolute atomic E-state index is 11.0. The summed E-state index contributed by atoms with van der Waals surface area (Å²) in [7, 11) is 0. The Morgan fingerprint density at radius 1 is 0.912 bits per heavy atom. The van der Waals surface area contributed by atoms with E-state index in [9.17, 15) is 10.4 Å². The Bertz CT molecular complexity index is 1360. The number of nitriles is 1. The summed E-state index contributed by atoms with van der Waals surface area (Å²) in [4.78, 5) is 4.47. The molecule has 1 aliphatic heterocycles. The van der Waals surface area contributed by atoms with Crippen LogP contribution in [0.1, 0.15) is 17.4 Å². The van der Waals surface area contributed by atoms with Gasteiger partial charge in [-0.15, -0.1) is 0 Å². The second-order valence-electron chi connectivity index (χ2n) is 7.60. The number of ether oxygens (including phenoxy) is 3. The van der Waals surface area contributed by atoms with Gasteiger partial charge in [0.15, 0.2) is 6.29 Å². The molecule has 34 heavy (non-hydrogen) atoms. The molecule has 6 nitrogen and oxygen atoms in total. The standard InChI is InChI=1S/C27H19ClN2O4/c28-26-23(18-5-4-6-19(15-18)27-32-13-14-33-27)25(31)22(16-29)24(30-26)17-9-11-21(12-10-17)34-20-7-2-1-3-8-20/h1-12,15,27H,13-14H2,(H,30,31). The minimum absolute atomic E-state index is 0.0369. The Kier molecular flexibility index (Phi) is 6.15. The third-order valence-corrected chi connectivity index (χ3v) is 5.69. The molecule has 0 amide bonds. The summed E-state index contributed by atoms with van der Waals surface area (Å²) in [6, 6.07) is 25.9. The topological polar surface area (TPSA) is 84.6 Å². The number of halogens is 1. The van der Waals surface area contributed by atoms with Crippen molar-refractivity contribution in [2.45, 2.75) is 6.29 Å². The molecule has 168 valence electrons. The van der Waals surface area contributed by atoms with E-state index in [1.807, 2.05) is 48.5 Å². The van der Waals surface area contributed by atoms with Gasteiger partial charge in [0.25, 0.3) is 0 Å². The van der Waals surface area contributed by atoms with E-state index in [2.05, 4.69) is 11.1 Å². The van der Waals surface area contributed by atoms with Crippen molar-refractivity contribution in [1.82, 2.24) is 4.98 Å². The van der Waals surface area contributed by atoms with Crippen LogP contribution >= 0.6 is 11.6 Å². The van der Waals surface area contributed by atoms with Crippen LogP contribution in [0.4, 0.5) is 0 Å². The number of aromatic hydroxyl groups is 1. The van der Waals surface area contributed by atoms with Crippen molar-refractivity contribution in [3.05, 3.63) is 95.1 Å². The molecule has 0 bridgehead atoms. The van der Waals surface area contributed by atoms with E-state index in [-0.39, 0.29) is 22.0 Å². The monoisotopic (exact) mass is 470 g/mol. The molecule has 1 fully saturated rings. The van der Waals surface area contributed by atoms with Crippen molar-refractivity contribution in [3.8, 4) is 45.7 Å². The lowest BCUT2D eigenvalue weighted by molar-refractivity contribution is -0.0440. The first-order chi connectivity index (χ1) is 16.6. The van der Waals surface area contributed by atoms with Gasteiger partial charge in [-0.2, -0.15) is 5.26 Å². The van der Waals surface area contributed by atoms with Crippen molar-refractivity contribution >= 4 is 11.6 Å². The summed E-state index contributed by atoms with van der Waals surface area (Å²) in [5.74, 6) is 1.12. The first-order valence-corrected chi connectivity index (χ1v) is 11.0. The zero-order valence-corrected chi connectivity index (χ0v) is 18.7. The van der Waals surface area contributed by atoms with Gasteiger partial charge in [-0.25, -0.2) is 4.98 Å². The van der Waals surface area contributed by atoms with Crippen LogP contribution in [0.5, 0.6) is 17.2 Å². The number of benzene rings is 3. The lowest BCUT2D eigenvalue weighted by Gasteiger charge is -2.15. The van der Waals surface area contributed by atoms with E-state index >= 15 is 0 Å². The SMILES string of the molecule is N#Cc1c(-c2ccc(Oc3ccccc3)cc2)nc(Cl)c(-c2cccc(C3OCCO3)c2)c1O. The number of aromatic nitrogens is 1. The maximum atomic E-state index is 11.0. The summed E-state index contributed by atoms with van der Waals surface area (Å²) < 4.78 is 16.9. The molecular weight excluding hydrogens is 452 g/mol. The van der Waals surface area contributed by atoms with Crippen molar-refractivity contribution in [2.24, 2.45) is 0 Å². The fourth-order valence-corrected chi connectivity index (χ4v) is 4.10. The number of rotatable bonds is 5. The molecule has 3 aromatic carbocycles. The lowest BCUT2D eigenvalue weighted by Crippen LogP contribution is -1.99. The zero-order valence-electron chi connectivity index (χ0n) is 17.9. The lowest BCUT2D eigenvalue weighted by atomic mass is 9.98. The normalized spacial score (nSPS) is 13.5. The Balaban J connectivity index is 1.50. The molecule has 0 aliphatic carbocycles. The molecule has 0 atom stereocenters. The molecule has 0 radical (unpaired) electrons. The van der Waals surface area contributed by atoms with Crippen molar-refractivity contribution in [2.75, 3.05) is 13.2 Å². The van der Waals surface area contributed by atoms with E-state index in [0.717, 1.165) is 5.56 Å². The van der Waals surface area contributed by atoms with Crippen LogP contribution in [0.2, 0.25) is 5.15 Å². The average molecular weight is 471 g/mol. The summed E-state index contributed by atoms with van der Waals surface area (Å²) in [5, 5.41) is 21.0. The van der Waals surface area contributed by atoms with Gasteiger partial charge in [0.2, 0.25) is 0 Å². The van der Waals surface area contributed by atoms with E-state index in [0.29, 0.717) is 41.5 Å². The summed E-state index contributed by atoms with van der Waals surface area (Å²) in [6.45, 7) is 1.04. The fourth-order valence-electron chi connectivity index (χ4n) is 3.81. The highest BCUT2D eigenvalue weighted by Gasteiger charge is 2.23. The highest BCUT2D eigenvalue weighted by atomic mass is 35.5. The van der Waals surface area contributed by atoms with E-state index in [4.69, 9.17) is 25.8 Å². The maximum Gasteiger partial charge on any atom is 0.184 e. The van der Waals surface area contributed by atoms with Crippen LogP contribution in [0, 0.1) is 11.3 Å². The molecular formula is C27H19ClN2O4. The van der Waals surface area contributed by atoms with Crippen LogP contribution in [-0.4, -0.2) is 23.3 Å². The molecule has 1 N–H and O–H groups in total. The quantitative estimate of drug-likeness (QED) is 0.336. The van der Waals surface area contributed by atoms with Crippen LogP contribution in [0.15, 0.2) is 78.9 Å². The molecule has 1 saturated heterocycles. The molecule has 2 heterocycles. The third-order valence-electron chi connectivity index (χ3n) is 5.41. The Morgan fingerprint density at radius 2 is 1.62 bits per heavy atom. The predicted molar refractivity (Wildman–Crippen MR) is 128 cm³/mol. The molecule has 0 saturated carbocycles. The molecule has 7 heteroatoms. The highest BCUT2D eigenvalue weighted by Crippen LogP contribution is 2.42. The van der Waals surface area contributed by atoms with Crippen LogP contribution in [-0.2, 0) is 9.47 Å². The third kappa shape index (κ3) is 4.33. The first kappa shape index (κ1) is 21.9. The fraction of sp³-hybridized carbons (Fsp3) is 0.111. The van der Waals surface area contributed by atoms with Gasteiger partial charge in [-0.05, 0) is 48.0 Å². The van der Waals surface area contributed by atoms with Gasteiger partial charge in [0.1, 0.15) is 34.0 Å². The number of hydrogen-bond donors (Lipinski definition) is 1. The zero-order chi connectivity index (χ0) is 23.5. The second kappa shape index (κ2) is 9.54. The van der Waals surface area contributed by atoms with Crippen molar-refractivity contribution in [3.63, 3.8) is 0 Å². The predicted octanol–water partition coefficient (Wildman–Crippen LogP) is 6.48. The molecule has 1 aromatic heterocycles. The summed E-state index contributed by atoms with van der Waals surface area (Å²) in [6.07, 6.45) is -0.472.